The van der Waals surface area contributed by atoms with Crippen LogP contribution in [0.4, 0.5) is 19.3 Å². The van der Waals surface area contributed by atoms with Crippen molar-refractivity contribution in [3.05, 3.63) is 29.8 Å². The molecule has 8 nitrogen and oxygen atoms in total. The number of ether oxygens (including phenoxy) is 1. The molecule has 30 heavy (non-hydrogen) atoms. The zero-order chi connectivity index (χ0) is 22.3. The molecule has 0 bridgehead atoms. The number of benzene rings is 1. The first-order valence-electron chi connectivity index (χ1n) is 8.99. The SMILES string of the molecule is CC(CC1CN(c2ccc(C#CC3CC3(F)F)cc2)C(=O)O1)(C(=O)NO)S(C)(=O)=O. The van der Waals surface area contributed by atoms with Crippen molar-refractivity contribution in [2.45, 2.75) is 36.5 Å². The van der Waals surface area contributed by atoms with Crippen LogP contribution in [-0.2, 0) is 19.4 Å². The number of hydrogen-bond acceptors (Lipinski definition) is 6. The van der Waals surface area contributed by atoms with E-state index in [9.17, 15) is 26.8 Å². The molecular weight excluding hydrogens is 422 g/mol. The molecule has 1 aliphatic carbocycles. The molecule has 2 N–H and O–H groups in total. The summed E-state index contributed by atoms with van der Waals surface area (Å²) in [5.41, 5.74) is 2.29. The van der Waals surface area contributed by atoms with E-state index in [2.05, 4.69) is 11.8 Å². The van der Waals surface area contributed by atoms with Crippen molar-refractivity contribution < 1.29 is 36.7 Å². The lowest BCUT2D eigenvalue weighted by Gasteiger charge is -2.26. The Morgan fingerprint density at radius 1 is 1.40 bits per heavy atom. The van der Waals surface area contributed by atoms with E-state index in [0.717, 1.165) is 13.2 Å². The summed E-state index contributed by atoms with van der Waals surface area (Å²) < 4.78 is 53.1. The third kappa shape index (κ3) is 4.24. The highest BCUT2D eigenvalue weighted by Crippen LogP contribution is 2.48. The molecule has 0 radical (unpaired) electrons. The third-order valence-corrected chi connectivity index (χ3v) is 7.28. The van der Waals surface area contributed by atoms with Gasteiger partial charge in [0.2, 0.25) is 0 Å². The molecule has 162 valence electrons. The van der Waals surface area contributed by atoms with E-state index in [0.29, 0.717) is 11.3 Å². The van der Waals surface area contributed by atoms with Crippen LogP contribution in [-0.4, -0.2) is 55.2 Å². The fraction of sp³-hybridized carbons (Fsp3) is 0.474. The number of alkyl halides is 2. The Hall–Kier alpha value is -2.71. The number of rotatable bonds is 5. The molecule has 2 aliphatic rings. The van der Waals surface area contributed by atoms with Gasteiger partial charge < -0.3 is 4.74 Å². The van der Waals surface area contributed by atoms with Crippen LogP contribution in [0.2, 0.25) is 0 Å². The number of nitrogens with one attached hydrogen (secondary N) is 1. The van der Waals surface area contributed by atoms with Gasteiger partial charge in [0.15, 0.2) is 14.6 Å². The summed E-state index contributed by atoms with van der Waals surface area (Å²) in [6.45, 7) is 1.13. The molecule has 0 spiro atoms. The molecule has 11 heteroatoms. The molecule has 1 aromatic carbocycles. The van der Waals surface area contributed by atoms with Crippen molar-refractivity contribution in [2.75, 3.05) is 17.7 Å². The van der Waals surface area contributed by atoms with Crippen LogP contribution in [0.1, 0.15) is 25.3 Å². The summed E-state index contributed by atoms with van der Waals surface area (Å²) in [7, 11) is -3.94. The largest absolute Gasteiger partial charge is 0.444 e. The Morgan fingerprint density at radius 2 is 2.00 bits per heavy atom. The van der Waals surface area contributed by atoms with Crippen LogP contribution in [0.3, 0.4) is 0 Å². The lowest BCUT2D eigenvalue weighted by atomic mass is 10.0. The Balaban J connectivity index is 1.70. The average molecular weight is 442 g/mol. The van der Waals surface area contributed by atoms with E-state index < -0.39 is 44.5 Å². The number of hydroxylamine groups is 1. The van der Waals surface area contributed by atoms with Gasteiger partial charge in [-0.2, -0.15) is 0 Å². The minimum absolute atomic E-state index is 0.0119. The van der Waals surface area contributed by atoms with Gasteiger partial charge in [-0.3, -0.25) is 14.9 Å². The predicted molar refractivity (Wildman–Crippen MR) is 102 cm³/mol. The highest BCUT2D eigenvalue weighted by Gasteiger charge is 2.56. The maximum Gasteiger partial charge on any atom is 0.414 e. The van der Waals surface area contributed by atoms with Crippen molar-refractivity contribution >= 4 is 27.5 Å². The average Bonchev–Trinajstić information content (AvgIpc) is 3.12. The number of carbonyl (C=O) groups excluding carboxylic acids is 2. The van der Waals surface area contributed by atoms with E-state index in [4.69, 9.17) is 9.94 Å². The van der Waals surface area contributed by atoms with E-state index >= 15 is 0 Å². The molecule has 3 rings (SSSR count). The zero-order valence-electron chi connectivity index (χ0n) is 16.2. The van der Waals surface area contributed by atoms with Crippen LogP contribution in [0.25, 0.3) is 0 Å². The topological polar surface area (TPSA) is 113 Å². The van der Waals surface area contributed by atoms with Gasteiger partial charge in [0, 0.05) is 30.3 Å². The maximum atomic E-state index is 12.9. The summed E-state index contributed by atoms with van der Waals surface area (Å²) in [5.74, 6) is 0.411. The number of cyclic esters (lactones) is 1. The monoisotopic (exact) mass is 442 g/mol. The normalized spacial score (nSPS) is 24.3. The molecular formula is C19H20F2N2O6S. The van der Waals surface area contributed by atoms with Crippen LogP contribution in [0.5, 0.6) is 0 Å². The standard InChI is InChI=1S/C19H20F2N2O6S/c1-18(16(24)22-26,30(2,27)28)10-15-11-23(17(25)29-15)14-7-4-12(5-8-14)3-6-13-9-19(13,20)21/h4-5,7-8,13,15,26H,9-11H2,1-2H3,(H,22,24). The number of carbonyl (C=O) groups is 2. The summed E-state index contributed by atoms with van der Waals surface area (Å²) in [4.78, 5) is 25.4. The Bertz CT molecular complexity index is 1030. The van der Waals surface area contributed by atoms with Crippen molar-refractivity contribution in [2.24, 2.45) is 5.92 Å². The Labute approximate surface area is 172 Å². The smallest absolute Gasteiger partial charge is 0.414 e. The summed E-state index contributed by atoms with van der Waals surface area (Å²) in [6, 6.07) is 6.27. The van der Waals surface area contributed by atoms with Gasteiger partial charge >= 0.3 is 6.09 Å². The molecule has 3 unspecified atom stereocenters. The van der Waals surface area contributed by atoms with E-state index in [1.165, 1.54) is 10.4 Å². The van der Waals surface area contributed by atoms with Crippen LogP contribution in [0, 0.1) is 17.8 Å². The quantitative estimate of drug-likeness (QED) is 0.408. The number of hydrogen-bond donors (Lipinski definition) is 2. The Kier molecular flexibility index (Phi) is 5.51. The minimum Gasteiger partial charge on any atom is -0.444 e. The van der Waals surface area contributed by atoms with Gasteiger partial charge in [-0.25, -0.2) is 27.5 Å². The number of nitrogens with zero attached hydrogens (tertiary/aromatic N) is 1. The highest BCUT2D eigenvalue weighted by molar-refractivity contribution is 7.92. The summed E-state index contributed by atoms with van der Waals surface area (Å²) in [5, 5.41) is 8.89. The number of anilines is 1. The maximum absolute atomic E-state index is 12.9. The predicted octanol–water partition coefficient (Wildman–Crippen LogP) is 1.72. The van der Waals surface area contributed by atoms with Crippen molar-refractivity contribution in [3.63, 3.8) is 0 Å². The molecule has 1 saturated carbocycles. The fourth-order valence-corrected chi connectivity index (χ4v) is 3.94. The lowest BCUT2D eigenvalue weighted by Crippen LogP contribution is -2.51. The highest BCUT2D eigenvalue weighted by atomic mass is 32.2. The first-order chi connectivity index (χ1) is 13.9. The fourth-order valence-electron chi connectivity index (χ4n) is 3.07. The lowest BCUT2D eigenvalue weighted by molar-refractivity contribution is -0.132. The Morgan fingerprint density at radius 3 is 2.50 bits per heavy atom. The van der Waals surface area contributed by atoms with Gasteiger partial charge in [-0.15, -0.1) is 0 Å². The van der Waals surface area contributed by atoms with Gasteiger partial charge in [-0.05, 0) is 31.2 Å². The summed E-state index contributed by atoms with van der Waals surface area (Å²) >= 11 is 0. The molecule has 2 fully saturated rings. The zero-order valence-corrected chi connectivity index (χ0v) is 17.0. The number of sulfone groups is 1. The van der Waals surface area contributed by atoms with Gasteiger partial charge in [-0.1, -0.05) is 11.8 Å². The molecule has 1 saturated heterocycles. The first kappa shape index (κ1) is 22.0. The van der Waals surface area contributed by atoms with Gasteiger partial charge in [0.25, 0.3) is 11.8 Å². The van der Waals surface area contributed by atoms with Crippen molar-refractivity contribution in [1.82, 2.24) is 5.48 Å². The first-order valence-corrected chi connectivity index (χ1v) is 10.9. The van der Waals surface area contributed by atoms with Crippen LogP contribution < -0.4 is 10.4 Å². The van der Waals surface area contributed by atoms with E-state index in [1.54, 1.807) is 24.3 Å². The van der Waals surface area contributed by atoms with E-state index in [-0.39, 0.29) is 19.4 Å². The molecule has 0 aromatic heterocycles. The molecule has 1 aromatic rings. The molecule has 2 amide bonds. The second-order valence-corrected chi connectivity index (χ2v) is 10.0. The van der Waals surface area contributed by atoms with Crippen LogP contribution >= 0.6 is 0 Å². The molecule has 1 heterocycles. The minimum atomic E-state index is -3.94. The number of amides is 2. The van der Waals surface area contributed by atoms with Crippen molar-refractivity contribution in [1.29, 1.82) is 0 Å². The molecule has 3 atom stereocenters. The second kappa shape index (κ2) is 7.52. The second-order valence-electron chi connectivity index (χ2n) is 7.60. The van der Waals surface area contributed by atoms with Crippen LogP contribution in [0.15, 0.2) is 24.3 Å². The van der Waals surface area contributed by atoms with E-state index in [1.807, 2.05) is 0 Å². The third-order valence-electron chi connectivity index (χ3n) is 5.29. The van der Waals surface area contributed by atoms with Gasteiger partial charge in [0.05, 0.1) is 12.5 Å². The summed E-state index contributed by atoms with van der Waals surface area (Å²) in [6.07, 6.45) is -1.36. The van der Waals surface area contributed by atoms with Gasteiger partial charge in [0.1, 0.15) is 6.10 Å². The molecule has 1 aliphatic heterocycles. The van der Waals surface area contributed by atoms with Crippen molar-refractivity contribution in [3.8, 4) is 11.8 Å². The number of halogens is 2.